The fraction of sp³-hybridized carbons (Fsp3) is 0.0714. The second-order valence-electron chi connectivity index (χ2n) is 7.05. The molecule has 0 unspecified atom stereocenters. The molecule has 0 saturated carbocycles. The molecule has 0 aliphatic rings. The Morgan fingerprint density at radius 2 is 0.875 bits per heavy atom. The largest absolute Gasteiger partial charge is 0.457 e. The molecule has 0 saturated heterocycles. The quantitative estimate of drug-likeness (QED) is 0.220. The van der Waals surface area contributed by atoms with Gasteiger partial charge in [0.1, 0.15) is 23.0 Å². The molecule has 4 rings (SSSR count). The van der Waals surface area contributed by atoms with Crippen molar-refractivity contribution in [2.45, 2.75) is 0 Å². The molecule has 0 radical (unpaired) electrons. The predicted octanol–water partition coefficient (Wildman–Crippen LogP) is 6.81. The van der Waals surface area contributed by atoms with E-state index in [-0.39, 0.29) is 0 Å². The first-order valence-corrected chi connectivity index (χ1v) is 10.5. The van der Waals surface area contributed by atoms with Crippen LogP contribution in [0.1, 0.15) is 11.1 Å². The van der Waals surface area contributed by atoms with Crippen LogP contribution in [0, 0.1) is 0 Å². The fourth-order valence-electron chi connectivity index (χ4n) is 3.02. The van der Waals surface area contributed by atoms with E-state index >= 15 is 0 Å². The SMILES string of the molecule is C(=NCCN=Cc1cccc(Oc2ccccc2)c1)c1cccc(Oc2ccccc2)c1. The summed E-state index contributed by atoms with van der Waals surface area (Å²) >= 11 is 0. The van der Waals surface area contributed by atoms with Gasteiger partial charge in [0.15, 0.2) is 0 Å². The van der Waals surface area contributed by atoms with Crippen LogP contribution in [0.15, 0.2) is 119 Å². The Balaban J connectivity index is 1.26. The Kier molecular flexibility index (Phi) is 7.42. The van der Waals surface area contributed by atoms with E-state index in [0.29, 0.717) is 13.1 Å². The highest BCUT2D eigenvalue weighted by molar-refractivity contribution is 5.81. The third kappa shape index (κ3) is 6.67. The molecule has 158 valence electrons. The lowest BCUT2D eigenvalue weighted by molar-refractivity contribution is 0.482. The van der Waals surface area contributed by atoms with Gasteiger partial charge in [-0.2, -0.15) is 0 Å². The molecule has 0 fully saturated rings. The van der Waals surface area contributed by atoms with Gasteiger partial charge in [-0.3, -0.25) is 9.98 Å². The molecule has 4 aromatic rings. The fourth-order valence-corrected chi connectivity index (χ4v) is 3.02. The molecule has 0 amide bonds. The van der Waals surface area contributed by atoms with E-state index in [1.165, 1.54) is 0 Å². The number of hydrogen-bond acceptors (Lipinski definition) is 4. The summed E-state index contributed by atoms with van der Waals surface area (Å²) in [4.78, 5) is 8.95. The summed E-state index contributed by atoms with van der Waals surface area (Å²) in [5, 5.41) is 0. The third-order valence-electron chi connectivity index (χ3n) is 4.51. The second kappa shape index (κ2) is 11.3. The van der Waals surface area contributed by atoms with Gasteiger partial charge < -0.3 is 9.47 Å². The number of hydrogen-bond donors (Lipinski definition) is 0. The Hall–Kier alpha value is -4.18. The topological polar surface area (TPSA) is 43.2 Å². The minimum absolute atomic E-state index is 0.612. The van der Waals surface area contributed by atoms with Gasteiger partial charge in [0.25, 0.3) is 0 Å². The predicted molar refractivity (Wildman–Crippen MR) is 131 cm³/mol. The molecule has 4 nitrogen and oxygen atoms in total. The van der Waals surface area contributed by atoms with Crippen LogP contribution in [-0.4, -0.2) is 25.5 Å². The van der Waals surface area contributed by atoms with Gasteiger partial charge in [-0.1, -0.05) is 60.7 Å². The molecule has 4 heteroatoms. The molecule has 0 aliphatic heterocycles. The number of aliphatic imine (C=N–C) groups is 2. The van der Waals surface area contributed by atoms with E-state index in [4.69, 9.17) is 9.47 Å². The number of ether oxygens (including phenoxy) is 2. The van der Waals surface area contributed by atoms with Crippen LogP contribution in [0.3, 0.4) is 0 Å². The van der Waals surface area contributed by atoms with Crippen molar-refractivity contribution in [3.8, 4) is 23.0 Å². The first-order chi connectivity index (χ1) is 15.8. The van der Waals surface area contributed by atoms with E-state index in [1.807, 2.05) is 122 Å². The molecule has 0 bridgehead atoms. The zero-order chi connectivity index (χ0) is 21.8. The lowest BCUT2D eigenvalue weighted by atomic mass is 10.2. The Morgan fingerprint density at radius 1 is 0.469 bits per heavy atom. The Morgan fingerprint density at radius 3 is 1.31 bits per heavy atom. The Bertz CT molecular complexity index is 1080. The standard InChI is InChI=1S/C28H24N2O2/c1-3-11-25(12-4-1)31-27-15-7-9-23(19-27)21-29-17-18-30-22-24-10-8-16-28(20-24)32-26-13-5-2-6-14-26/h1-16,19-22H,17-18H2. The van der Waals surface area contributed by atoms with Crippen LogP contribution < -0.4 is 9.47 Å². The number of rotatable bonds is 9. The van der Waals surface area contributed by atoms with Crippen LogP contribution in [0.5, 0.6) is 23.0 Å². The van der Waals surface area contributed by atoms with Gasteiger partial charge in [-0.15, -0.1) is 0 Å². The Labute approximate surface area is 188 Å². The lowest BCUT2D eigenvalue weighted by Crippen LogP contribution is -1.92. The summed E-state index contributed by atoms with van der Waals surface area (Å²) < 4.78 is 11.7. The highest BCUT2D eigenvalue weighted by Gasteiger charge is 1.98. The number of benzene rings is 4. The van der Waals surface area contributed by atoms with Crippen molar-refractivity contribution in [1.82, 2.24) is 0 Å². The van der Waals surface area contributed by atoms with Gasteiger partial charge in [0, 0.05) is 12.4 Å². The minimum atomic E-state index is 0.612. The number of nitrogens with zero attached hydrogens (tertiary/aromatic N) is 2. The van der Waals surface area contributed by atoms with E-state index in [0.717, 1.165) is 34.1 Å². The summed E-state index contributed by atoms with van der Waals surface area (Å²) in [6.45, 7) is 1.22. The van der Waals surface area contributed by atoms with Crippen molar-refractivity contribution in [2.75, 3.05) is 13.1 Å². The molecule has 0 spiro atoms. The van der Waals surface area contributed by atoms with Crippen molar-refractivity contribution in [3.05, 3.63) is 120 Å². The maximum absolute atomic E-state index is 5.86. The molecule has 4 aromatic carbocycles. The van der Waals surface area contributed by atoms with Crippen LogP contribution in [0.2, 0.25) is 0 Å². The smallest absolute Gasteiger partial charge is 0.128 e. The van der Waals surface area contributed by atoms with Gasteiger partial charge in [0.05, 0.1) is 13.1 Å². The van der Waals surface area contributed by atoms with Crippen molar-refractivity contribution in [2.24, 2.45) is 9.98 Å². The van der Waals surface area contributed by atoms with Gasteiger partial charge in [-0.25, -0.2) is 0 Å². The highest BCUT2D eigenvalue weighted by atomic mass is 16.5. The van der Waals surface area contributed by atoms with Crippen molar-refractivity contribution < 1.29 is 9.47 Å². The molecule has 0 N–H and O–H groups in total. The van der Waals surface area contributed by atoms with Gasteiger partial charge >= 0.3 is 0 Å². The monoisotopic (exact) mass is 420 g/mol. The first-order valence-electron chi connectivity index (χ1n) is 10.5. The maximum Gasteiger partial charge on any atom is 0.128 e. The van der Waals surface area contributed by atoms with E-state index in [9.17, 15) is 0 Å². The summed E-state index contributed by atoms with van der Waals surface area (Å²) in [5.41, 5.74) is 1.99. The highest BCUT2D eigenvalue weighted by Crippen LogP contribution is 2.22. The van der Waals surface area contributed by atoms with Crippen LogP contribution in [0.4, 0.5) is 0 Å². The zero-order valence-corrected chi connectivity index (χ0v) is 17.7. The molecule has 0 aliphatic carbocycles. The average Bonchev–Trinajstić information content (AvgIpc) is 2.83. The lowest BCUT2D eigenvalue weighted by Gasteiger charge is -2.05. The first kappa shape index (κ1) is 21.1. The van der Waals surface area contributed by atoms with Crippen molar-refractivity contribution >= 4 is 12.4 Å². The third-order valence-corrected chi connectivity index (χ3v) is 4.51. The average molecular weight is 421 g/mol. The van der Waals surface area contributed by atoms with Gasteiger partial charge in [-0.05, 0) is 59.7 Å². The van der Waals surface area contributed by atoms with E-state index in [1.54, 1.807) is 0 Å². The zero-order valence-electron chi connectivity index (χ0n) is 17.7. The van der Waals surface area contributed by atoms with E-state index < -0.39 is 0 Å². The molecule has 0 heterocycles. The summed E-state index contributed by atoms with van der Waals surface area (Å²) in [6.07, 6.45) is 3.70. The molecular weight excluding hydrogens is 396 g/mol. The van der Waals surface area contributed by atoms with Crippen molar-refractivity contribution in [3.63, 3.8) is 0 Å². The van der Waals surface area contributed by atoms with Crippen LogP contribution in [0.25, 0.3) is 0 Å². The normalized spacial score (nSPS) is 11.1. The molecule has 0 atom stereocenters. The summed E-state index contributed by atoms with van der Waals surface area (Å²) in [6, 6.07) is 35.2. The second-order valence-corrected chi connectivity index (χ2v) is 7.05. The molecule has 32 heavy (non-hydrogen) atoms. The van der Waals surface area contributed by atoms with Gasteiger partial charge in [0.2, 0.25) is 0 Å². The molecule has 0 aromatic heterocycles. The van der Waals surface area contributed by atoms with E-state index in [2.05, 4.69) is 9.98 Å². The van der Waals surface area contributed by atoms with Crippen molar-refractivity contribution in [1.29, 1.82) is 0 Å². The summed E-state index contributed by atoms with van der Waals surface area (Å²) in [7, 11) is 0. The maximum atomic E-state index is 5.86. The molecular formula is C28H24N2O2. The minimum Gasteiger partial charge on any atom is -0.457 e. The van der Waals surface area contributed by atoms with Crippen LogP contribution in [-0.2, 0) is 0 Å². The summed E-state index contributed by atoms with van der Waals surface area (Å²) in [5.74, 6) is 3.20. The number of para-hydroxylation sites is 2. The van der Waals surface area contributed by atoms with Crippen LogP contribution >= 0.6 is 0 Å².